The number of ether oxygens (including phenoxy) is 3. The van der Waals surface area contributed by atoms with E-state index in [0.29, 0.717) is 39.2 Å². The van der Waals surface area contributed by atoms with Crippen molar-refractivity contribution in [1.29, 1.82) is 0 Å². The molecule has 0 saturated carbocycles. The molecule has 0 aliphatic rings. The predicted molar refractivity (Wildman–Crippen MR) is 115 cm³/mol. The molecule has 1 amide bonds. The third kappa shape index (κ3) is 5.10. The molecule has 0 spiro atoms. The lowest BCUT2D eigenvalue weighted by atomic mass is 10.2. The Morgan fingerprint density at radius 3 is 2.48 bits per heavy atom. The Labute approximate surface area is 178 Å². The van der Waals surface area contributed by atoms with Gasteiger partial charge in [-0.3, -0.25) is 5.32 Å². The van der Waals surface area contributed by atoms with Crippen molar-refractivity contribution in [3.05, 3.63) is 41.7 Å². The quantitative estimate of drug-likeness (QED) is 0.556. The number of nitrogens with one attached hydrogen (secondary N) is 2. The van der Waals surface area contributed by atoms with Crippen molar-refractivity contribution in [3.8, 4) is 11.5 Å². The van der Waals surface area contributed by atoms with Gasteiger partial charge in [0.25, 0.3) is 0 Å². The molecule has 0 radical (unpaired) electrons. The second-order valence-corrected chi connectivity index (χ2v) is 6.02. The van der Waals surface area contributed by atoms with Gasteiger partial charge in [0.1, 0.15) is 12.1 Å². The summed E-state index contributed by atoms with van der Waals surface area (Å²) in [6.07, 6.45) is 0.891. The lowest BCUT2D eigenvalue weighted by Crippen LogP contribution is -2.13. The molecule has 0 fully saturated rings. The van der Waals surface area contributed by atoms with Gasteiger partial charge >= 0.3 is 6.09 Å². The average molecular weight is 439 g/mol. The van der Waals surface area contributed by atoms with E-state index in [1.807, 2.05) is 0 Å². The van der Waals surface area contributed by atoms with E-state index in [0.717, 1.165) is 5.39 Å². The summed E-state index contributed by atoms with van der Waals surface area (Å²) in [4.78, 5) is 20.1. The monoisotopic (exact) mass is 438 g/mol. The third-order valence-electron chi connectivity index (χ3n) is 3.88. The molecular weight excluding hydrogens is 419 g/mol. The molecule has 2 N–H and O–H groups in total. The highest BCUT2D eigenvalue weighted by atomic mass is 35.5. The van der Waals surface area contributed by atoms with E-state index in [2.05, 4.69) is 20.6 Å². The van der Waals surface area contributed by atoms with Gasteiger partial charge in [-0.15, -0.1) is 12.4 Å². The number of methoxy groups -OCH3 is 2. The molecule has 0 aliphatic heterocycles. The number of halogens is 2. The number of nitrogens with zero attached hydrogens (tertiary/aromatic N) is 2. The van der Waals surface area contributed by atoms with E-state index >= 15 is 0 Å². The summed E-state index contributed by atoms with van der Waals surface area (Å²) in [5.74, 6) is 1.73. The Hall–Kier alpha value is -2.97. The number of amides is 1. The van der Waals surface area contributed by atoms with Gasteiger partial charge in [0.15, 0.2) is 11.5 Å². The molecule has 29 heavy (non-hydrogen) atoms. The smallest absolute Gasteiger partial charge is 0.411 e. The molecule has 2 aromatic carbocycles. The zero-order valence-electron chi connectivity index (χ0n) is 16.0. The minimum Gasteiger partial charge on any atom is -0.493 e. The Morgan fingerprint density at radius 2 is 1.83 bits per heavy atom. The molecule has 0 aliphatic carbocycles. The van der Waals surface area contributed by atoms with Gasteiger partial charge < -0.3 is 19.5 Å². The van der Waals surface area contributed by atoms with E-state index in [1.54, 1.807) is 51.5 Å². The number of carbonyl (C=O) groups excluding carboxylic acids is 1. The average Bonchev–Trinajstić information content (AvgIpc) is 2.69. The first-order valence-corrected chi connectivity index (χ1v) is 8.80. The van der Waals surface area contributed by atoms with E-state index in [-0.39, 0.29) is 19.0 Å². The SMILES string of the molecule is CCOC(=O)Nc1ccc(Nc2ncnc3cc(OC)c(OC)cc23)cc1Cl.Cl. The van der Waals surface area contributed by atoms with Crippen molar-refractivity contribution in [2.24, 2.45) is 0 Å². The van der Waals surface area contributed by atoms with Crippen molar-refractivity contribution >= 4 is 58.2 Å². The van der Waals surface area contributed by atoms with Crippen molar-refractivity contribution < 1.29 is 19.0 Å². The minimum absolute atomic E-state index is 0. The number of aromatic nitrogens is 2. The highest BCUT2D eigenvalue weighted by Crippen LogP contribution is 2.35. The van der Waals surface area contributed by atoms with Crippen LogP contribution in [-0.2, 0) is 4.74 Å². The minimum atomic E-state index is -0.562. The van der Waals surface area contributed by atoms with Crippen LogP contribution < -0.4 is 20.1 Å². The van der Waals surface area contributed by atoms with Crippen molar-refractivity contribution in [2.45, 2.75) is 6.92 Å². The van der Waals surface area contributed by atoms with Gasteiger partial charge in [0.2, 0.25) is 0 Å². The Balaban J connectivity index is 0.00000300. The van der Waals surface area contributed by atoms with Gasteiger partial charge in [-0.05, 0) is 31.2 Å². The molecule has 154 valence electrons. The second kappa shape index (κ2) is 9.99. The lowest BCUT2D eigenvalue weighted by Gasteiger charge is -2.13. The van der Waals surface area contributed by atoms with Crippen LogP contribution >= 0.6 is 24.0 Å². The number of hydrogen-bond acceptors (Lipinski definition) is 7. The number of anilines is 3. The highest BCUT2D eigenvalue weighted by Gasteiger charge is 2.12. The van der Waals surface area contributed by atoms with Crippen LogP contribution in [0.1, 0.15) is 6.92 Å². The van der Waals surface area contributed by atoms with Gasteiger partial charge in [-0.1, -0.05) is 11.6 Å². The number of rotatable bonds is 6. The largest absolute Gasteiger partial charge is 0.493 e. The molecular formula is C19H20Cl2N4O4. The molecule has 8 nitrogen and oxygen atoms in total. The number of fused-ring (bicyclic) bond motifs is 1. The van der Waals surface area contributed by atoms with E-state index in [9.17, 15) is 4.79 Å². The maximum absolute atomic E-state index is 11.6. The summed E-state index contributed by atoms with van der Waals surface area (Å²) in [6, 6.07) is 8.70. The van der Waals surface area contributed by atoms with Crippen molar-refractivity contribution in [1.82, 2.24) is 9.97 Å². The molecule has 0 unspecified atom stereocenters. The van der Waals surface area contributed by atoms with E-state index < -0.39 is 6.09 Å². The van der Waals surface area contributed by atoms with Gasteiger partial charge in [0, 0.05) is 17.1 Å². The zero-order valence-corrected chi connectivity index (χ0v) is 17.6. The fourth-order valence-electron chi connectivity index (χ4n) is 2.59. The molecule has 3 rings (SSSR count). The topological polar surface area (TPSA) is 94.6 Å². The van der Waals surface area contributed by atoms with Crippen molar-refractivity contribution in [2.75, 3.05) is 31.5 Å². The molecule has 0 saturated heterocycles. The second-order valence-electron chi connectivity index (χ2n) is 5.61. The summed E-state index contributed by atoms with van der Waals surface area (Å²) in [7, 11) is 3.13. The molecule has 1 aromatic heterocycles. The summed E-state index contributed by atoms with van der Waals surface area (Å²) in [5, 5.41) is 6.90. The maximum atomic E-state index is 11.6. The Kier molecular flexibility index (Phi) is 7.69. The van der Waals surface area contributed by atoms with E-state index in [1.165, 1.54) is 6.33 Å². The number of benzene rings is 2. The lowest BCUT2D eigenvalue weighted by molar-refractivity contribution is 0.168. The Morgan fingerprint density at radius 1 is 1.10 bits per heavy atom. The number of carbonyl (C=O) groups is 1. The van der Waals surface area contributed by atoms with Gasteiger partial charge in [0.05, 0.1) is 37.1 Å². The highest BCUT2D eigenvalue weighted by molar-refractivity contribution is 6.34. The van der Waals surface area contributed by atoms with E-state index in [4.69, 9.17) is 25.8 Å². The maximum Gasteiger partial charge on any atom is 0.411 e. The fourth-order valence-corrected chi connectivity index (χ4v) is 2.82. The predicted octanol–water partition coefficient (Wildman–Crippen LogP) is 5.03. The molecule has 1 heterocycles. The van der Waals surface area contributed by atoms with Crippen LogP contribution in [0.15, 0.2) is 36.7 Å². The van der Waals surface area contributed by atoms with Crippen LogP contribution in [0.25, 0.3) is 10.9 Å². The first kappa shape index (κ1) is 22.3. The number of hydrogen-bond donors (Lipinski definition) is 2. The summed E-state index contributed by atoms with van der Waals surface area (Å²) >= 11 is 6.27. The van der Waals surface area contributed by atoms with Crippen LogP contribution in [-0.4, -0.2) is 36.9 Å². The summed E-state index contributed by atoms with van der Waals surface area (Å²) in [6.45, 7) is 2.00. The van der Waals surface area contributed by atoms with Crippen LogP contribution in [0.4, 0.5) is 22.0 Å². The fraction of sp³-hybridized carbons (Fsp3) is 0.211. The van der Waals surface area contributed by atoms with Crippen LogP contribution in [0.3, 0.4) is 0 Å². The third-order valence-corrected chi connectivity index (χ3v) is 4.20. The van der Waals surface area contributed by atoms with Gasteiger partial charge in [-0.2, -0.15) is 0 Å². The normalized spacial score (nSPS) is 10.1. The molecule has 0 bridgehead atoms. The zero-order chi connectivity index (χ0) is 20.1. The first-order chi connectivity index (χ1) is 13.5. The summed E-state index contributed by atoms with van der Waals surface area (Å²) in [5.41, 5.74) is 1.83. The van der Waals surface area contributed by atoms with Gasteiger partial charge in [-0.25, -0.2) is 14.8 Å². The Bertz CT molecular complexity index is 1020. The summed E-state index contributed by atoms with van der Waals surface area (Å²) < 4.78 is 15.5. The van der Waals surface area contributed by atoms with Crippen LogP contribution in [0.2, 0.25) is 5.02 Å². The molecule has 0 atom stereocenters. The first-order valence-electron chi connectivity index (χ1n) is 8.42. The standard InChI is InChI=1S/C19H19ClN4O4.ClH/c1-4-28-19(25)24-14-6-5-11(7-13(14)20)23-18-12-8-16(26-2)17(27-3)9-15(12)21-10-22-18;/h5-10H,4H2,1-3H3,(H,24,25)(H,21,22,23);1H. The van der Waals surface area contributed by atoms with Crippen LogP contribution in [0, 0.1) is 0 Å². The molecule has 10 heteroatoms. The van der Waals surface area contributed by atoms with Crippen LogP contribution in [0.5, 0.6) is 11.5 Å². The molecule has 3 aromatic rings. The van der Waals surface area contributed by atoms with Crippen molar-refractivity contribution in [3.63, 3.8) is 0 Å².